The molecule has 0 bridgehead atoms. The summed E-state index contributed by atoms with van der Waals surface area (Å²) in [5, 5.41) is 0. The lowest BCUT2D eigenvalue weighted by Gasteiger charge is -2.22. The van der Waals surface area contributed by atoms with Gasteiger partial charge in [-0.15, -0.1) is 0 Å². The minimum absolute atomic E-state index is 0.0491. The van der Waals surface area contributed by atoms with Crippen LogP contribution in [0.3, 0.4) is 0 Å². The van der Waals surface area contributed by atoms with Gasteiger partial charge in [-0.25, -0.2) is 16.8 Å². The van der Waals surface area contributed by atoms with Gasteiger partial charge in [0.25, 0.3) is 0 Å². The van der Waals surface area contributed by atoms with E-state index >= 15 is 0 Å². The van der Waals surface area contributed by atoms with Gasteiger partial charge in [-0.2, -0.15) is 4.31 Å². The molecule has 118 valence electrons. The van der Waals surface area contributed by atoms with Crippen LogP contribution in [0.2, 0.25) is 0 Å². The van der Waals surface area contributed by atoms with Crippen LogP contribution in [0.1, 0.15) is 19.8 Å². The summed E-state index contributed by atoms with van der Waals surface area (Å²) in [5.74, 6) is 5.36. The number of anilines is 1. The van der Waals surface area contributed by atoms with Gasteiger partial charge in [-0.1, -0.05) is 0 Å². The Bertz CT molecular complexity index is 744. The van der Waals surface area contributed by atoms with Crippen molar-refractivity contribution in [3.05, 3.63) is 18.2 Å². The highest BCUT2D eigenvalue weighted by Gasteiger charge is 2.34. The van der Waals surface area contributed by atoms with Crippen LogP contribution in [0.4, 0.5) is 5.69 Å². The monoisotopic (exact) mass is 333 g/mol. The van der Waals surface area contributed by atoms with E-state index in [1.54, 1.807) is 0 Å². The molecule has 0 saturated carbocycles. The van der Waals surface area contributed by atoms with E-state index in [4.69, 9.17) is 5.84 Å². The quantitative estimate of drug-likeness (QED) is 0.615. The van der Waals surface area contributed by atoms with Crippen molar-refractivity contribution in [1.29, 1.82) is 0 Å². The van der Waals surface area contributed by atoms with Gasteiger partial charge in [0.15, 0.2) is 9.84 Å². The number of rotatable bonds is 4. The molecule has 0 radical (unpaired) electrons. The SMILES string of the molecule is CC1CCCN1S(=O)(=O)c1cc(S(C)(=O)=O)ccc1NN. The second-order valence-electron chi connectivity index (χ2n) is 5.18. The van der Waals surface area contributed by atoms with E-state index in [-0.39, 0.29) is 21.5 Å². The molecular weight excluding hydrogens is 314 g/mol. The highest BCUT2D eigenvalue weighted by Crippen LogP contribution is 2.31. The Morgan fingerprint density at radius 1 is 1.29 bits per heavy atom. The summed E-state index contributed by atoms with van der Waals surface area (Å²) in [5.41, 5.74) is 2.50. The number of sulfonamides is 1. The van der Waals surface area contributed by atoms with Crippen LogP contribution in [-0.4, -0.2) is 40.0 Å². The van der Waals surface area contributed by atoms with Gasteiger partial charge >= 0.3 is 0 Å². The Kier molecular flexibility index (Phi) is 4.29. The number of nitrogens with two attached hydrogens (primary N) is 1. The van der Waals surface area contributed by atoms with Crippen molar-refractivity contribution in [3.8, 4) is 0 Å². The number of hydrogen-bond donors (Lipinski definition) is 2. The zero-order chi connectivity index (χ0) is 15.8. The lowest BCUT2D eigenvalue weighted by atomic mass is 10.3. The van der Waals surface area contributed by atoms with Gasteiger partial charge in [0.05, 0.1) is 10.6 Å². The summed E-state index contributed by atoms with van der Waals surface area (Å²) in [6.45, 7) is 2.26. The minimum atomic E-state index is -3.79. The molecule has 1 unspecified atom stereocenters. The largest absolute Gasteiger partial charge is 0.323 e. The predicted octanol–water partition coefficient (Wildman–Crippen LogP) is 0.549. The summed E-state index contributed by atoms with van der Waals surface area (Å²) < 4.78 is 50.1. The first-order valence-electron chi connectivity index (χ1n) is 6.50. The van der Waals surface area contributed by atoms with Crippen molar-refractivity contribution >= 4 is 25.5 Å². The van der Waals surface area contributed by atoms with Gasteiger partial charge in [0, 0.05) is 18.8 Å². The van der Waals surface area contributed by atoms with E-state index in [0.29, 0.717) is 6.54 Å². The van der Waals surface area contributed by atoms with Gasteiger partial charge in [0.1, 0.15) is 4.90 Å². The lowest BCUT2D eigenvalue weighted by Crippen LogP contribution is -2.34. The van der Waals surface area contributed by atoms with Gasteiger partial charge in [-0.05, 0) is 38.0 Å². The van der Waals surface area contributed by atoms with Crippen molar-refractivity contribution < 1.29 is 16.8 Å². The average molecular weight is 333 g/mol. The molecule has 1 aromatic carbocycles. The highest BCUT2D eigenvalue weighted by molar-refractivity contribution is 7.91. The number of nitrogens with one attached hydrogen (secondary N) is 1. The topological polar surface area (TPSA) is 110 Å². The van der Waals surface area contributed by atoms with E-state index < -0.39 is 19.9 Å². The van der Waals surface area contributed by atoms with Gasteiger partial charge in [-0.3, -0.25) is 5.84 Å². The van der Waals surface area contributed by atoms with Crippen LogP contribution < -0.4 is 11.3 Å². The van der Waals surface area contributed by atoms with Crippen molar-refractivity contribution in [1.82, 2.24) is 4.31 Å². The van der Waals surface area contributed by atoms with Crippen molar-refractivity contribution in [2.24, 2.45) is 5.84 Å². The third kappa shape index (κ3) is 3.05. The Morgan fingerprint density at radius 3 is 2.43 bits per heavy atom. The summed E-state index contributed by atoms with van der Waals surface area (Å²) in [6.07, 6.45) is 2.61. The molecule has 1 fully saturated rings. The molecule has 0 aromatic heterocycles. The summed E-state index contributed by atoms with van der Waals surface area (Å²) in [7, 11) is -7.29. The number of benzene rings is 1. The molecule has 1 saturated heterocycles. The summed E-state index contributed by atoms with van der Waals surface area (Å²) in [6, 6.07) is 3.74. The highest BCUT2D eigenvalue weighted by atomic mass is 32.2. The van der Waals surface area contributed by atoms with Crippen LogP contribution in [0, 0.1) is 0 Å². The maximum atomic E-state index is 12.7. The molecular formula is C12H19N3O4S2. The molecule has 2 rings (SSSR count). The fourth-order valence-corrected chi connectivity index (χ4v) is 5.06. The molecule has 1 aliphatic rings. The lowest BCUT2D eigenvalue weighted by molar-refractivity contribution is 0.408. The summed E-state index contributed by atoms with van der Waals surface area (Å²) >= 11 is 0. The average Bonchev–Trinajstić information content (AvgIpc) is 2.84. The number of hydrazine groups is 1. The zero-order valence-electron chi connectivity index (χ0n) is 11.9. The maximum absolute atomic E-state index is 12.7. The van der Waals surface area contributed by atoms with E-state index in [9.17, 15) is 16.8 Å². The van der Waals surface area contributed by atoms with Crippen LogP contribution >= 0.6 is 0 Å². The van der Waals surface area contributed by atoms with E-state index in [0.717, 1.165) is 25.2 Å². The minimum Gasteiger partial charge on any atom is -0.323 e. The standard InChI is InChI=1S/C12H19N3O4S2/c1-9-4-3-7-15(9)21(18,19)12-8-10(20(2,16)17)5-6-11(12)14-13/h5-6,8-9,14H,3-4,7,13H2,1-2H3. The van der Waals surface area contributed by atoms with Crippen LogP contribution in [0.5, 0.6) is 0 Å². The number of nitrogens with zero attached hydrogens (tertiary/aromatic N) is 1. The number of sulfone groups is 1. The molecule has 0 spiro atoms. The third-order valence-corrected chi connectivity index (χ3v) is 6.78. The smallest absolute Gasteiger partial charge is 0.245 e. The number of nitrogen functional groups attached to an aromatic ring is 1. The van der Waals surface area contributed by atoms with Gasteiger partial charge < -0.3 is 5.43 Å². The molecule has 21 heavy (non-hydrogen) atoms. The molecule has 7 nitrogen and oxygen atoms in total. The van der Waals surface area contributed by atoms with Crippen LogP contribution in [-0.2, 0) is 19.9 Å². The molecule has 0 aliphatic carbocycles. The molecule has 9 heteroatoms. The fraction of sp³-hybridized carbons (Fsp3) is 0.500. The predicted molar refractivity (Wildman–Crippen MR) is 79.9 cm³/mol. The van der Waals surface area contributed by atoms with Crippen molar-refractivity contribution in [3.63, 3.8) is 0 Å². The normalized spacial score (nSPS) is 20.6. The Hall–Kier alpha value is -1.16. The first-order chi connectivity index (χ1) is 9.67. The molecule has 1 aliphatic heterocycles. The van der Waals surface area contributed by atoms with Crippen LogP contribution in [0.25, 0.3) is 0 Å². The molecule has 1 atom stereocenters. The molecule has 3 N–H and O–H groups in total. The Balaban J connectivity index is 2.61. The van der Waals surface area contributed by atoms with Crippen LogP contribution in [0.15, 0.2) is 28.0 Å². The van der Waals surface area contributed by atoms with E-state index in [2.05, 4.69) is 5.43 Å². The van der Waals surface area contributed by atoms with Gasteiger partial charge in [0.2, 0.25) is 10.0 Å². The molecule has 0 amide bonds. The Morgan fingerprint density at radius 2 is 1.95 bits per heavy atom. The second-order valence-corrected chi connectivity index (χ2v) is 9.06. The number of hydrogen-bond acceptors (Lipinski definition) is 6. The Labute approximate surface area is 125 Å². The third-order valence-electron chi connectivity index (χ3n) is 3.62. The fourth-order valence-electron chi connectivity index (χ4n) is 2.46. The molecule has 1 heterocycles. The van der Waals surface area contributed by atoms with E-state index in [1.807, 2.05) is 6.92 Å². The second kappa shape index (κ2) is 5.56. The summed E-state index contributed by atoms with van der Waals surface area (Å²) in [4.78, 5) is -0.159. The molecule has 1 aromatic rings. The van der Waals surface area contributed by atoms with Crippen molar-refractivity contribution in [2.45, 2.75) is 35.6 Å². The van der Waals surface area contributed by atoms with E-state index in [1.165, 1.54) is 16.4 Å². The maximum Gasteiger partial charge on any atom is 0.245 e. The zero-order valence-corrected chi connectivity index (χ0v) is 13.5. The first kappa shape index (κ1) is 16.2. The van der Waals surface area contributed by atoms with Crippen molar-refractivity contribution in [2.75, 3.05) is 18.2 Å². The first-order valence-corrected chi connectivity index (χ1v) is 9.83.